The molecule has 0 unspecified atom stereocenters. The molecule has 0 fully saturated rings. The SMILES string of the molecule is CCC(C)(C)NCc1cc(Br)c(Br)s1. The highest BCUT2D eigenvalue weighted by molar-refractivity contribution is 9.13. The summed E-state index contributed by atoms with van der Waals surface area (Å²) in [6, 6.07) is 2.16. The third kappa shape index (κ3) is 3.65. The first-order chi connectivity index (χ1) is 6.44. The lowest BCUT2D eigenvalue weighted by atomic mass is 10.0. The summed E-state index contributed by atoms with van der Waals surface area (Å²) in [5.74, 6) is 0. The van der Waals surface area contributed by atoms with Gasteiger partial charge in [0.1, 0.15) is 0 Å². The second-order valence-electron chi connectivity index (χ2n) is 3.93. The highest BCUT2D eigenvalue weighted by atomic mass is 79.9. The fourth-order valence-electron chi connectivity index (χ4n) is 0.930. The minimum absolute atomic E-state index is 0.225. The Hall–Kier alpha value is 0.620. The maximum atomic E-state index is 3.53. The van der Waals surface area contributed by atoms with Crippen molar-refractivity contribution < 1.29 is 0 Å². The topological polar surface area (TPSA) is 12.0 Å². The summed E-state index contributed by atoms with van der Waals surface area (Å²) in [5.41, 5.74) is 0.225. The van der Waals surface area contributed by atoms with E-state index in [2.05, 4.69) is 64.0 Å². The molecule has 0 amide bonds. The van der Waals surface area contributed by atoms with E-state index in [1.807, 2.05) is 0 Å². The van der Waals surface area contributed by atoms with Crippen molar-refractivity contribution in [2.45, 2.75) is 39.3 Å². The maximum Gasteiger partial charge on any atom is 0.0843 e. The van der Waals surface area contributed by atoms with Crippen molar-refractivity contribution in [3.8, 4) is 0 Å². The molecule has 4 heteroatoms. The van der Waals surface area contributed by atoms with Crippen LogP contribution in [0.2, 0.25) is 0 Å². The van der Waals surface area contributed by atoms with E-state index in [9.17, 15) is 0 Å². The van der Waals surface area contributed by atoms with E-state index in [1.165, 1.54) is 8.66 Å². The number of rotatable bonds is 4. The van der Waals surface area contributed by atoms with Gasteiger partial charge < -0.3 is 5.32 Å². The predicted octanol–water partition coefficient (Wildman–Crippen LogP) is 4.55. The van der Waals surface area contributed by atoms with Gasteiger partial charge in [-0.15, -0.1) is 11.3 Å². The van der Waals surface area contributed by atoms with Crippen LogP contribution in [0.3, 0.4) is 0 Å². The van der Waals surface area contributed by atoms with Crippen molar-refractivity contribution in [2.75, 3.05) is 0 Å². The summed E-state index contributed by atoms with van der Waals surface area (Å²) in [6.07, 6.45) is 1.14. The second-order valence-corrected chi connectivity index (χ2v) is 7.23. The van der Waals surface area contributed by atoms with E-state index >= 15 is 0 Å². The molecule has 1 N–H and O–H groups in total. The van der Waals surface area contributed by atoms with Gasteiger partial charge in [0.05, 0.1) is 3.79 Å². The molecular formula is C10H15Br2NS. The Labute approximate surface area is 107 Å². The molecule has 0 spiro atoms. The molecule has 0 aliphatic rings. The molecule has 0 aliphatic carbocycles. The van der Waals surface area contributed by atoms with Crippen molar-refractivity contribution in [1.82, 2.24) is 5.32 Å². The first-order valence-corrected chi connectivity index (χ1v) is 7.03. The van der Waals surface area contributed by atoms with Crippen LogP contribution < -0.4 is 5.32 Å². The summed E-state index contributed by atoms with van der Waals surface area (Å²) in [6.45, 7) is 7.60. The molecule has 1 aromatic rings. The molecule has 0 saturated carbocycles. The van der Waals surface area contributed by atoms with Crippen molar-refractivity contribution in [2.24, 2.45) is 0 Å². The van der Waals surface area contributed by atoms with Crippen LogP contribution in [0.5, 0.6) is 0 Å². The summed E-state index contributed by atoms with van der Waals surface area (Å²) in [4.78, 5) is 1.35. The number of hydrogen-bond acceptors (Lipinski definition) is 2. The van der Waals surface area contributed by atoms with E-state index < -0.39 is 0 Å². The molecule has 0 saturated heterocycles. The first-order valence-electron chi connectivity index (χ1n) is 4.63. The molecular weight excluding hydrogens is 326 g/mol. The van der Waals surface area contributed by atoms with Crippen LogP contribution in [0.4, 0.5) is 0 Å². The molecule has 1 aromatic heterocycles. The van der Waals surface area contributed by atoms with Crippen LogP contribution in [0.15, 0.2) is 14.3 Å². The van der Waals surface area contributed by atoms with E-state index in [4.69, 9.17) is 0 Å². The van der Waals surface area contributed by atoms with Gasteiger partial charge in [0, 0.05) is 21.4 Å². The number of thiophene rings is 1. The number of hydrogen-bond donors (Lipinski definition) is 1. The van der Waals surface area contributed by atoms with Crippen LogP contribution in [0.1, 0.15) is 32.1 Å². The van der Waals surface area contributed by atoms with Gasteiger partial charge in [-0.3, -0.25) is 0 Å². The lowest BCUT2D eigenvalue weighted by Crippen LogP contribution is -2.37. The van der Waals surface area contributed by atoms with Crippen LogP contribution in [-0.4, -0.2) is 5.54 Å². The quantitative estimate of drug-likeness (QED) is 0.847. The Morgan fingerprint density at radius 1 is 1.43 bits per heavy atom. The third-order valence-corrected chi connectivity index (χ3v) is 5.58. The van der Waals surface area contributed by atoms with E-state index in [1.54, 1.807) is 11.3 Å². The molecule has 0 aromatic carbocycles. The molecule has 0 atom stereocenters. The number of halogens is 2. The molecule has 1 nitrogen and oxygen atoms in total. The number of nitrogens with one attached hydrogen (secondary N) is 1. The minimum atomic E-state index is 0.225. The zero-order chi connectivity index (χ0) is 10.8. The fourth-order valence-corrected chi connectivity index (χ4v) is 3.05. The summed E-state index contributed by atoms with van der Waals surface area (Å²) in [7, 11) is 0. The minimum Gasteiger partial charge on any atom is -0.307 e. The predicted molar refractivity (Wildman–Crippen MR) is 70.9 cm³/mol. The van der Waals surface area contributed by atoms with Gasteiger partial charge in [0.2, 0.25) is 0 Å². The molecule has 0 radical (unpaired) electrons. The molecule has 14 heavy (non-hydrogen) atoms. The zero-order valence-corrected chi connectivity index (χ0v) is 12.6. The van der Waals surface area contributed by atoms with Crippen molar-refractivity contribution in [3.63, 3.8) is 0 Å². The van der Waals surface area contributed by atoms with E-state index in [-0.39, 0.29) is 5.54 Å². The summed E-state index contributed by atoms with van der Waals surface area (Å²) < 4.78 is 2.32. The largest absolute Gasteiger partial charge is 0.307 e. The molecule has 0 aliphatic heterocycles. The third-order valence-electron chi connectivity index (χ3n) is 2.32. The smallest absolute Gasteiger partial charge is 0.0843 e. The van der Waals surface area contributed by atoms with E-state index in [0.29, 0.717) is 0 Å². The Balaban J connectivity index is 2.54. The summed E-state index contributed by atoms with van der Waals surface area (Å²) >= 11 is 8.76. The Morgan fingerprint density at radius 3 is 2.50 bits per heavy atom. The normalized spacial score (nSPS) is 12.1. The van der Waals surface area contributed by atoms with Gasteiger partial charge in [0.15, 0.2) is 0 Å². The standard InChI is InChI=1S/C10H15Br2NS/c1-4-10(2,3)13-6-7-5-8(11)9(12)14-7/h5,13H,4,6H2,1-3H3. The lowest BCUT2D eigenvalue weighted by Gasteiger charge is -2.24. The van der Waals surface area contributed by atoms with Crippen molar-refractivity contribution in [3.05, 3.63) is 19.2 Å². The van der Waals surface area contributed by atoms with E-state index in [0.717, 1.165) is 17.4 Å². The Kier molecular flexibility index (Phi) is 4.62. The highest BCUT2D eigenvalue weighted by Gasteiger charge is 2.14. The average molecular weight is 341 g/mol. The zero-order valence-electron chi connectivity index (χ0n) is 8.66. The van der Waals surface area contributed by atoms with Crippen LogP contribution in [-0.2, 0) is 6.54 Å². The fraction of sp³-hybridized carbons (Fsp3) is 0.600. The van der Waals surface area contributed by atoms with Crippen molar-refractivity contribution >= 4 is 43.2 Å². The lowest BCUT2D eigenvalue weighted by molar-refractivity contribution is 0.376. The molecule has 1 rings (SSSR count). The van der Waals surface area contributed by atoms with Gasteiger partial charge in [-0.1, -0.05) is 6.92 Å². The summed E-state index contributed by atoms with van der Waals surface area (Å²) in [5, 5.41) is 3.53. The first kappa shape index (κ1) is 12.7. The van der Waals surface area contributed by atoms with Crippen LogP contribution >= 0.6 is 43.2 Å². The Morgan fingerprint density at radius 2 is 2.07 bits per heavy atom. The highest BCUT2D eigenvalue weighted by Crippen LogP contribution is 2.32. The van der Waals surface area contributed by atoms with Gasteiger partial charge >= 0.3 is 0 Å². The monoisotopic (exact) mass is 339 g/mol. The Bertz CT molecular complexity index is 288. The molecule has 0 bridgehead atoms. The van der Waals surface area contributed by atoms with Crippen LogP contribution in [0.25, 0.3) is 0 Å². The van der Waals surface area contributed by atoms with Gasteiger partial charge in [-0.25, -0.2) is 0 Å². The molecule has 80 valence electrons. The average Bonchev–Trinajstić information content (AvgIpc) is 2.44. The molecule has 1 heterocycles. The van der Waals surface area contributed by atoms with Gasteiger partial charge in [-0.2, -0.15) is 0 Å². The van der Waals surface area contributed by atoms with Gasteiger partial charge in [0.25, 0.3) is 0 Å². The van der Waals surface area contributed by atoms with Crippen LogP contribution in [0, 0.1) is 0 Å². The van der Waals surface area contributed by atoms with Gasteiger partial charge in [-0.05, 0) is 58.2 Å². The van der Waals surface area contributed by atoms with Crippen molar-refractivity contribution in [1.29, 1.82) is 0 Å². The second kappa shape index (κ2) is 5.10. The maximum absolute atomic E-state index is 3.53.